The third kappa shape index (κ3) is 3.38. The van der Waals surface area contributed by atoms with Crippen LogP contribution in [0.15, 0.2) is 18.5 Å². The summed E-state index contributed by atoms with van der Waals surface area (Å²) in [7, 11) is 1.40. The minimum absolute atomic E-state index is 0.0533. The lowest BCUT2D eigenvalue weighted by molar-refractivity contribution is -0.0754. The molecule has 25 heavy (non-hydrogen) atoms. The number of amides is 1. The van der Waals surface area contributed by atoms with Gasteiger partial charge in [0.25, 0.3) is 0 Å². The molecule has 0 N–H and O–H groups in total. The minimum atomic E-state index is -0.426. The SMILES string of the molecule is COC(=O)N(C1CC(C)(Oc2nc(Cl)cn3nccc23)C1)C(C)(C)C. The predicted octanol–water partition coefficient (Wildman–Crippen LogP) is 3.55. The van der Waals surface area contributed by atoms with E-state index >= 15 is 0 Å². The van der Waals surface area contributed by atoms with Gasteiger partial charge in [-0.15, -0.1) is 0 Å². The van der Waals surface area contributed by atoms with E-state index < -0.39 is 5.60 Å². The number of halogens is 1. The van der Waals surface area contributed by atoms with Crippen molar-refractivity contribution in [1.82, 2.24) is 19.5 Å². The molecule has 1 amide bonds. The highest BCUT2D eigenvalue weighted by Crippen LogP contribution is 2.42. The van der Waals surface area contributed by atoms with Crippen molar-refractivity contribution in [2.75, 3.05) is 7.11 Å². The van der Waals surface area contributed by atoms with Crippen molar-refractivity contribution in [3.63, 3.8) is 0 Å². The van der Waals surface area contributed by atoms with E-state index in [1.165, 1.54) is 7.11 Å². The van der Waals surface area contributed by atoms with Crippen molar-refractivity contribution in [1.29, 1.82) is 0 Å². The summed E-state index contributed by atoms with van der Waals surface area (Å²) in [5.41, 5.74) is 0.00577. The van der Waals surface area contributed by atoms with E-state index in [9.17, 15) is 4.79 Å². The lowest BCUT2D eigenvalue weighted by Gasteiger charge is -2.52. The Bertz CT molecular complexity index is 793. The molecule has 3 rings (SSSR count). The summed E-state index contributed by atoms with van der Waals surface area (Å²) in [5.74, 6) is 0.450. The number of carbonyl (C=O) groups excluding carboxylic acids is 1. The van der Waals surface area contributed by atoms with E-state index in [0.29, 0.717) is 23.9 Å². The molecule has 0 radical (unpaired) electrons. The van der Waals surface area contributed by atoms with Crippen LogP contribution in [0.4, 0.5) is 4.79 Å². The first-order valence-electron chi connectivity index (χ1n) is 8.19. The molecule has 2 heterocycles. The topological polar surface area (TPSA) is 69.0 Å². The van der Waals surface area contributed by atoms with E-state index in [4.69, 9.17) is 21.1 Å². The van der Waals surface area contributed by atoms with Crippen LogP contribution in [0.2, 0.25) is 5.15 Å². The van der Waals surface area contributed by atoms with Gasteiger partial charge in [-0.2, -0.15) is 10.1 Å². The Morgan fingerprint density at radius 1 is 1.44 bits per heavy atom. The zero-order chi connectivity index (χ0) is 18.4. The maximum absolute atomic E-state index is 12.2. The van der Waals surface area contributed by atoms with Crippen LogP contribution in [-0.4, -0.2) is 49.9 Å². The smallest absolute Gasteiger partial charge is 0.410 e. The summed E-state index contributed by atoms with van der Waals surface area (Å²) in [4.78, 5) is 18.2. The molecule has 136 valence electrons. The van der Waals surface area contributed by atoms with E-state index in [1.54, 1.807) is 21.8 Å². The lowest BCUT2D eigenvalue weighted by atomic mass is 9.75. The number of methoxy groups -OCH3 is 1. The summed E-state index contributed by atoms with van der Waals surface area (Å²) < 4.78 is 12.8. The average Bonchev–Trinajstić information content (AvgIpc) is 2.92. The number of nitrogens with zero attached hydrogens (tertiary/aromatic N) is 4. The van der Waals surface area contributed by atoms with Gasteiger partial charge in [0.1, 0.15) is 11.1 Å². The summed E-state index contributed by atoms with van der Waals surface area (Å²) >= 11 is 6.05. The molecule has 0 aliphatic heterocycles. The van der Waals surface area contributed by atoms with Crippen molar-refractivity contribution in [3.8, 4) is 5.88 Å². The van der Waals surface area contributed by atoms with Crippen LogP contribution in [0.5, 0.6) is 5.88 Å². The summed E-state index contributed by atoms with van der Waals surface area (Å²) in [5, 5.41) is 4.48. The largest absolute Gasteiger partial charge is 0.470 e. The quantitative estimate of drug-likeness (QED) is 0.830. The fraction of sp³-hybridized carbons (Fsp3) is 0.588. The second-order valence-corrected chi connectivity index (χ2v) is 8.04. The molecule has 0 atom stereocenters. The van der Waals surface area contributed by atoms with Gasteiger partial charge in [0, 0.05) is 24.4 Å². The Morgan fingerprint density at radius 3 is 2.72 bits per heavy atom. The molecule has 1 aliphatic carbocycles. The first-order chi connectivity index (χ1) is 11.6. The molecule has 0 unspecified atom stereocenters. The van der Waals surface area contributed by atoms with Crippen LogP contribution in [0.25, 0.3) is 5.52 Å². The highest BCUT2D eigenvalue weighted by molar-refractivity contribution is 6.29. The van der Waals surface area contributed by atoms with E-state index in [-0.39, 0.29) is 17.7 Å². The van der Waals surface area contributed by atoms with Crippen molar-refractivity contribution in [2.24, 2.45) is 0 Å². The third-order valence-electron chi connectivity index (χ3n) is 4.46. The summed E-state index contributed by atoms with van der Waals surface area (Å²) in [6.07, 6.45) is 4.36. The fourth-order valence-corrected chi connectivity index (χ4v) is 3.62. The molecule has 0 bridgehead atoms. The van der Waals surface area contributed by atoms with Crippen molar-refractivity contribution >= 4 is 23.2 Å². The second kappa shape index (κ2) is 6.05. The highest BCUT2D eigenvalue weighted by Gasteiger charge is 2.50. The highest BCUT2D eigenvalue weighted by atomic mass is 35.5. The van der Waals surface area contributed by atoms with Gasteiger partial charge in [0.2, 0.25) is 5.88 Å². The number of aromatic nitrogens is 3. The zero-order valence-electron chi connectivity index (χ0n) is 15.1. The van der Waals surface area contributed by atoms with Crippen LogP contribution in [0, 0.1) is 0 Å². The Balaban J connectivity index is 1.77. The third-order valence-corrected chi connectivity index (χ3v) is 4.65. The molecule has 1 fully saturated rings. The van der Waals surface area contributed by atoms with E-state index in [1.807, 2.05) is 33.8 Å². The van der Waals surface area contributed by atoms with Gasteiger partial charge in [0.15, 0.2) is 5.15 Å². The fourth-order valence-electron chi connectivity index (χ4n) is 3.45. The van der Waals surface area contributed by atoms with Crippen LogP contribution >= 0.6 is 11.6 Å². The molecule has 0 saturated heterocycles. The molecule has 7 nitrogen and oxygen atoms in total. The van der Waals surface area contributed by atoms with E-state index in [0.717, 1.165) is 5.52 Å². The van der Waals surface area contributed by atoms with Crippen molar-refractivity contribution in [3.05, 3.63) is 23.6 Å². The first kappa shape index (κ1) is 17.8. The standard InChI is InChI=1S/C17H23ClN4O3/c1-16(2,3)22(15(23)24-5)11-8-17(4,9-11)25-14-12-6-7-19-21(12)10-13(18)20-14/h6-7,10-11H,8-9H2,1-5H3. The number of fused-ring (bicyclic) bond motifs is 1. The molecule has 2 aromatic rings. The monoisotopic (exact) mass is 366 g/mol. The van der Waals surface area contributed by atoms with Crippen LogP contribution in [0.3, 0.4) is 0 Å². The Morgan fingerprint density at radius 2 is 2.12 bits per heavy atom. The van der Waals surface area contributed by atoms with Crippen LogP contribution < -0.4 is 4.74 Å². The molecule has 1 saturated carbocycles. The molecule has 2 aromatic heterocycles. The van der Waals surface area contributed by atoms with Gasteiger partial charge in [-0.1, -0.05) is 11.6 Å². The molecule has 1 aliphatic rings. The first-order valence-corrected chi connectivity index (χ1v) is 8.57. The van der Waals surface area contributed by atoms with Crippen molar-refractivity contribution in [2.45, 2.75) is 57.7 Å². The predicted molar refractivity (Wildman–Crippen MR) is 94.0 cm³/mol. The molecule has 8 heteroatoms. The van der Waals surface area contributed by atoms with Crippen LogP contribution in [0.1, 0.15) is 40.5 Å². The number of carbonyl (C=O) groups is 1. The second-order valence-electron chi connectivity index (χ2n) is 7.65. The lowest BCUT2D eigenvalue weighted by Crippen LogP contribution is -2.62. The van der Waals surface area contributed by atoms with Crippen molar-refractivity contribution < 1.29 is 14.3 Å². The Kier molecular flexibility index (Phi) is 4.31. The normalized spacial score (nSPS) is 23.2. The van der Waals surface area contributed by atoms with Gasteiger partial charge in [-0.3, -0.25) is 0 Å². The molecule has 0 spiro atoms. The van der Waals surface area contributed by atoms with Gasteiger partial charge >= 0.3 is 6.09 Å². The summed E-state index contributed by atoms with van der Waals surface area (Å²) in [6, 6.07) is 1.88. The molecular weight excluding hydrogens is 344 g/mol. The number of hydrogen-bond acceptors (Lipinski definition) is 5. The van der Waals surface area contributed by atoms with Gasteiger partial charge in [-0.25, -0.2) is 9.31 Å². The maximum Gasteiger partial charge on any atom is 0.410 e. The van der Waals surface area contributed by atoms with Gasteiger partial charge in [0.05, 0.1) is 19.5 Å². The maximum atomic E-state index is 12.2. The van der Waals surface area contributed by atoms with Crippen LogP contribution in [-0.2, 0) is 4.74 Å². The summed E-state index contributed by atoms with van der Waals surface area (Å²) in [6.45, 7) is 8.00. The Labute approximate surface area is 151 Å². The Hall–Kier alpha value is -2.02. The average molecular weight is 367 g/mol. The van der Waals surface area contributed by atoms with E-state index in [2.05, 4.69) is 10.1 Å². The van der Waals surface area contributed by atoms with Gasteiger partial charge in [-0.05, 0) is 33.8 Å². The number of hydrogen-bond donors (Lipinski definition) is 0. The minimum Gasteiger partial charge on any atom is -0.470 e. The molecular formula is C17H23ClN4O3. The molecule has 0 aromatic carbocycles. The number of rotatable bonds is 3. The van der Waals surface area contributed by atoms with Gasteiger partial charge < -0.3 is 14.4 Å². The number of ether oxygens (including phenoxy) is 2. The zero-order valence-corrected chi connectivity index (χ0v) is 15.9.